The van der Waals surface area contributed by atoms with Crippen LogP contribution in [0, 0.1) is 5.82 Å². The van der Waals surface area contributed by atoms with Crippen LogP contribution in [-0.4, -0.2) is 40.0 Å². The first-order valence-corrected chi connectivity index (χ1v) is 9.68. The van der Waals surface area contributed by atoms with Gasteiger partial charge >= 0.3 is 0 Å². The molecule has 4 rings (SSSR count). The normalized spacial score (nSPS) is 16.1. The summed E-state index contributed by atoms with van der Waals surface area (Å²) in [5.74, 6) is 0.0687. The Hall–Kier alpha value is -3.06. The van der Waals surface area contributed by atoms with Crippen LogP contribution in [0.2, 0.25) is 5.02 Å². The Labute approximate surface area is 172 Å². The van der Waals surface area contributed by atoms with Crippen molar-refractivity contribution in [2.24, 2.45) is 0 Å². The molecule has 1 amide bonds. The summed E-state index contributed by atoms with van der Waals surface area (Å²) in [5.41, 5.74) is 2.34. The summed E-state index contributed by atoms with van der Waals surface area (Å²) in [7, 11) is 0. The highest BCUT2D eigenvalue weighted by atomic mass is 35.5. The van der Waals surface area contributed by atoms with Gasteiger partial charge in [-0.2, -0.15) is 0 Å². The maximum Gasteiger partial charge on any atom is 0.225 e. The van der Waals surface area contributed by atoms with Crippen molar-refractivity contribution in [2.45, 2.75) is 18.9 Å². The molecule has 1 fully saturated rings. The molecule has 0 aliphatic carbocycles. The second-order valence-corrected chi connectivity index (χ2v) is 7.30. The van der Waals surface area contributed by atoms with Crippen LogP contribution in [0.5, 0.6) is 0 Å². The lowest BCUT2D eigenvalue weighted by molar-refractivity contribution is -0.121. The molecule has 1 atom stereocenters. The van der Waals surface area contributed by atoms with Gasteiger partial charge in [0.25, 0.3) is 0 Å². The van der Waals surface area contributed by atoms with Crippen molar-refractivity contribution in [1.29, 1.82) is 0 Å². The predicted octanol–water partition coefficient (Wildman–Crippen LogP) is 3.27. The number of carbonyl (C=O) groups excluding carboxylic acids is 1. The molecule has 1 aliphatic heterocycles. The van der Waals surface area contributed by atoms with E-state index in [1.54, 1.807) is 18.6 Å². The summed E-state index contributed by atoms with van der Waals surface area (Å²) in [6.07, 6.45) is 6.12. The highest BCUT2D eigenvalue weighted by molar-refractivity contribution is 6.31. The summed E-state index contributed by atoms with van der Waals surface area (Å²) in [6.45, 7) is 1.37. The van der Waals surface area contributed by atoms with E-state index in [-0.39, 0.29) is 23.4 Å². The maximum atomic E-state index is 13.1. The minimum absolute atomic E-state index is 0.00706. The molecule has 1 unspecified atom stereocenters. The molecule has 1 saturated heterocycles. The smallest absolute Gasteiger partial charge is 0.225 e. The Morgan fingerprint density at radius 2 is 2.17 bits per heavy atom. The summed E-state index contributed by atoms with van der Waals surface area (Å²) in [5, 5.41) is 3.27. The molecular weight excluding hydrogens is 393 g/mol. The number of anilines is 1. The number of benzene rings is 1. The molecule has 3 heterocycles. The lowest BCUT2D eigenvalue weighted by Gasteiger charge is -2.17. The zero-order valence-electron chi connectivity index (χ0n) is 15.6. The van der Waals surface area contributed by atoms with Crippen LogP contribution in [0.1, 0.15) is 12.0 Å². The lowest BCUT2D eigenvalue weighted by Crippen LogP contribution is -2.38. The number of nitrogens with one attached hydrogen (secondary N) is 1. The maximum absolute atomic E-state index is 13.1. The van der Waals surface area contributed by atoms with E-state index in [1.165, 1.54) is 18.2 Å². The van der Waals surface area contributed by atoms with Gasteiger partial charge in [-0.3, -0.25) is 9.78 Å². The van der Waals surface area contributed by atoms with Gasteiger partial charge in [0.15, 0.2) is 0 Å². The van der Waals surface area contributed by atoms with Crippen LogP contribution in [0.4, 0.5) is 10.3 Å². The van der Waals surface area contributed by atoms with E-state index in [0.29, 0.717) is 18.1 Å². The van der Waals surface area contributed by atoms with E-state index in [4.69, 9.17) is 11.6 Å². The summed E-state index contributed by atoms with van der Waals surface area (Å²) < 4.78 is 13.1. The molecule has 1 aromatic carbocycles. The van der Waals surface area contributed by atoms with E-state index in [9.17, 15) is 9.18 Å². The van der Waals surface area contributed by atoms with Gasteiger partial charge in [-0.1, -0.05) is 17.7 Å². The van der Waals surface area contributed by atoms with Gasteiger partial charge in [0.1, 0.15) is 5.82 Å². The van der Waals surface area contributed by atoms with Gasteiger partial charge in [-0.05, 0) is 42.3 Å². The Bertz CT molecular complexity index is 1020. The minimum atomic E-state index is -0.417. The van der Waals surface area contributed by atoms with Crippen LogP contribution < -0.4 is 10.2 Å². The highest BCUT2D eigenvalue weighted by Gasteiger charge is 2.26. The van der Waals surface area contributed by atoms with Gasteiger partial charge in [-0.15, -0.1) is 0 Å². The number of hydrogen-bond donors (Lipinski definition) is 1. The predicted molar refractivity (Wildman–Crippen MR) is 109 cm³/mol. The molecule has 29 heavy (non-hydrogen) atoms. The van der Waals surface area contributed by atoms with Gasteiger partial charge in [0, 0.05) is 48.3 Å². The largest absolute Gasteiger partial charge is 0.351 e. The van der Waals surface area contributed by atoms with Crippen molar-refractivity contribution in [2.75, 3.05) is 18.0 Å². The molecule has 6 nitrogen and oxygen atoms in total. The van der Waals surface area contributed by atoms with Crippen molar-refractivity contribution in [3.63, 3.8) is 0 Å². The molecule has 148 valence electrons. The highest BCUT2D eigenvalue weighted by Crippen LogP contribution is 2.21. The Morgan fingerprint density at radius 3 is 2.97 bits per heavy atom. The summed E-state index contributed by atoms with van der Waals surface area (Å²) >= 11 is 6.01. The fourth-order valence-electron chi connectivity index (χ4n) is 3.35. The van der Waals surface area contributed by atoms with E-state index >= 15 is 0 Å². The monoisotopic (exact) mass is 411 g/mol. The Kier molecular flexibility index (Phi) is 5.67. The van der Waals surface area contributed by atoms with Gasteiger partial charge in [-0.25, -0.2) is 14.4 Å². The average molecular weight is 412 g/mol. The lowest BCUT2D eigenvalue weighted by atomic mass is 10.1. The third-order valence-electron chi connectivity index (χ3n) is 4.80. The number of rotatable bonds is 5. The number of nitrogens with zero attached hydrogens (tertiary/aromatic N) is 4. The molecule has 0 radical (unpaired) electrons. The van der Waals surface area contributed by atoms with Crippen molar-refractivity contribution >= 4 is 23.5 Å². The topological polar surface area (TPSA) is 71.0 Å². The van der Waals surface area contributed by atoms with Crippen LogP contribution in [-0.2, 0) is 11.2 Å². The quantitative estimate of drug-likeness (QED) is 0.697. The summed E-state index contributed by atoms with van der Waals surface area (Å²) in [4.78, 5) is 27.6. The van der Waals surface area contributed by atoms with Crippen LogP contribution in [0.15, 0.2) is 55.0 Å². The molecule has 2 aromatic heterocycles. The fraction of sp³-hybridized carbons (Fsp3) is 0.238. The molecule has 1 N–H and O–H groups in total. The van der Waals surface area contributed by atoms with Crippen molar-refractivity contribution in [1.82, 2.24) is 20.3 Å². The molecule has 0 saturated carbocycles. The molecule has 0 spiro atoms. The molecule has 1 aliphatic rings. The first-order valence-electron chi connectivity index (χ1n) is 9.30. The third-order valence-corrected chi connectivity index (χ3v) is 5.15. The number of amides is 1. The Balaban J connectivity index is 1.37. The SMILES string of the molecule is O=C(Cc1ccc(F)cc1Cl)NC1CCN(c2nccc(-c3cccnc3)n2)C1. The number of aromatic nitrogens is 3. The van der Waals surface area contributed by atoms with E-state index in [2.05, 4.69) is 25.2 Å². The van der Waals surface area contributed by atoms with Crippen molar-refractivity contribution in [3.8, 4) is 11.3 Å². The zero-order chi connectivity index (χ0) is 20.2. The first-order chi connectivity index (χ1) is 14.1. The third kappa shape index (κ3) is 4.68. The second kappa shape index (κ2) is 8.53. The van der Waals surface area contributed by atoms with Gasteiger partial charge < -0.3 is 10.2 Å². The number of hydrogen-bond acceptors (Lipinski definition) is 5. The molecular formula is C21H19ClFN5O. The standard InChI is InChI=1S/C21H19ClFN5O/c22-18-11-16(23)4-3-14(18)10-20(29)26-17-6-9-28(13-17)21-25-8-5-19(27-21)15-2-1-7-24-12-15/h1-5,7-8,11-12,17H,6,9-10,13H2,(H,26,29). The second-order valence-electron chi connectivity index (χ2n) is 6.90. The van der Waals surface area contributed by atoms with Crippen LogP contribution in [0.3, 0.4) is 0 Å². The van der Waals surface area contributed by atoms with Gasteiger partial charge in [0.05, 0.1) is 12.1 Å². The minimum Gasteiger partial charge on any atom is -0.351 e. The van der Waals surface area contributed by atoms with E-state index < -0.39 is 5.82 Å². The summed E-state index contributed by atoms with van der Waals surface area (Å²) in [6, 6.07) is 9.72. The molecule has 0 bridgehead atoms. The van der Waals surface area contributed by atoms with E-state index in [1.807, 2.05) is 18.2 Å². The Morgan fingerprint density at radius 1 is 1.28 bits per heavy atom. The molecule has 3 aromatic rings. The number of halogens is 2. The van der Waals surface area contributed by atoms with Gasteiger partial charge in [0.2, 0.25) is 11.9 Å². The van der Waals surface area contributed by atoms with Crippen molar-refractivity contribution < 1.29 is 9.18 Å². The molecule has 8 heteroatoms. The zero-order valence-corrected chi connectivity index (χ0v) is 16.3. The number of carbonyl (C=O) groups is 1. The van der Waals surface area contributed by atoms with Crippen molar-refractivity contribution in [3.05, 3.63) is 71.4 Å². The van der Waals surface area contributed by atoms with Crippen LogP contribution in [0.25, 0.3) is 11.3 Å². The number of pyridine rings is 1. The van der Waals surface area contributed by atoms with E-state index in [0.717, 1.165) is 24.2 Å². The average Bonchev–Trinajstić information content (AvgIpc) is 3.19. The fourth-order valence-corrected chi connectivity index (χ4v) is 3.59. The first kappa shape index (κ1) is 19.3. The van der Waals surface area contributed by atoms with Crippen LogP contribution >= 0.6 is 11.6 Å².